The number of nitrogens with zero attached hydrogens (tertiary/aromatic N) is 3. The van der Waals surface area contributed by atoms with Gasteiger partial charge in [0.05, 0.1) is 29.4 Å². The number of pyridine rings is 1. The van der Waals surface area contributed by atoms with Crippen LogP contribution in [0.15, 0.2) is 48.5 Å². The first-order valence-corrected chi connectivity index (χ1v) is 12.3. The average molecular weight is 471 g/mol. The molecule has 0 aliphatic carbocycles. The maximum atomic E-state index is 12.7. The van der Waals surface area contributed by atoms with Crippen LogP contribution < -0.4 is 0 Å². The summed E-state index contributed by atoms with van der Waals surface area (Å²) in [5.41, 5.74) is 7.39. The second-order valence-electron chi connectivity index (χ2n) is 10.6. The molecule has 0 saturated carbocycles. The lowest BCUT2D eigenvalue weighted by molar-refractivity contribution is 0.0590. The van der Waals surface area contributed by atoms with E-state index in [1.165, 1.54) is 12.7 Å². The molecular weight excluding hydrogens is 436 g/mol. The first-order valence-electron chi connectivity index (χ1n) is 12.3. The molecule has 6 heteroatoms. The van der Waals surface area contributed by atoms with Gasteiger partial charge in [0.2, 0.25) is 0 Å². The number of aromatic amines is 1. The first kappa shape index (κ1) is 23.5. The van der Waals surface area contributed by atoms with E-state index in [1.807, 2.05) is 18.2 Å². The molecule has 1 fully saturated rings. The molecule has 0 atom stereocenters. The fourth-order valence-corrected chi connectivity index (χ4v) is 5.06. The van der Waals surface area contributed by atoms with E-state index in [0.717, 1.165) is 71.5 Å². The van der Waals surface area contributed by atoms with Gasteiger partial charge in [0.1, 0.15) is 0 Å². The molecule has 0 unspecified atom stereocenters. The summed E-state index contributed by atoms with van der Waals surface area (Å²) in [7, 11) is 1.42. The summed E-state index contributed by atoms with van der Waals surface area (Å²) in [4.78, 5) is 26.2. The molecule has 35 heavy (non-hydrogen) atoms. The van der Waals surface area contributed by atoms with Gasteiger partial charge in [0, 0.05) is 54.7 Å². The SMILES string of the molecule is COC(=O)c1cc(-c2cccc(C)c2)nc2c1[nH]c1cc(CN3CCN(C(C)(C)C)CC3)ccc12. The Kier molecular flexibility index (Phi) is 6.11. The van der Waals surface area contributed by atoms with E-state index in [0.29, 0.717) is 5.56 Å². The molecule has 182 valence electrons. The standard InChI is InChI=1S/C29H34N4O2/c1-19-7-6-8-21(15-19)24-17-23(28(34)35-5)27-26(30-24)22-10-9-20(16-25(22)31-27)18-32-11-13-33(14-12-32)29(2,3)4/h6-10,15-17,31H,11-14,18H2,1-5H3. The highest BCUT2D eigenvalue weighted by molar-refractivity contribution is 6.13. The molecule has 1 saturated heterocycles. The van der Waals surface area contributed by atoms with Crippen molar-refractivity contribution in [3.05, 3.63) is 65.2 Å². The summed E-state index contributed by atoms with van der Waals surface area (Å²) in [6, 6.07) is 16.5. The maximum Gasteiger partial charge on any atom is 0.340 e. The number of aromatic nitrogens is 2. The molecule has 5 rings (SSSR count). The maximum absolute atomic E-state index is 12.7. The number of esters is 1. The number of hydrogen-bond donors (Lipinski definition) is 1. The Morgan fingerprint density at radius 1 is 1.06 bits per heavy atom. The normalized spacial score (nSPS) is 15.7. The Hall–Kier alpha value is -3.22. The van der Waals surface area contributed by atoms with E-state index in [4.69, 9.17) is 9.72 Å². The average Bonchev–Trinajstić information content (AvgIpc) is 3.20. The second kappa shape index (κ2) is 9.10. The summed E-state index contributed by atoms with van der Waals surface area (Å²) in [5.74, 6) is -0.366. The number of ether oxygens (including phenoxy) is 1. The number of carbonyl (C=O) groups is 1. The second-order valence-corrected chi connectivity index (χ2v) is 10.6. The number of hydrogen-bond acceptors (Lipinski definition) is 5. The number of carbonyl (C=O) groups excluding carboxylic acids is 1. The van der Waals surface area contributed by atoms with Crippen molar-refractivity contribution >= 4 is 27.9 Å². The molecule has 0 radical (unpaired) electrons. The molecule has 1 aliphatic heterocycles. The third kappa shape index (κ3) is 4.68. The predicted octanol–water partition coefficient (Wildman–Crippen LogP) is 5.39. The molecular formula is C29H34N4O2. The zero-order chi connectivity index (χ0) is 24.7. The number of fused-ring (bicyclic) bond motifs is 3. The summed E-state index contributed by atoms with van der Waals surface area (Å²) in [6.45, 7) is 14.1. The van der Waals surface area contributed by atoms with Crippen molar-refractivity contribution in [2.24, 2.45) is 0 Å². The topological polar surface area (TPSA) is 61.5 Å². The number of aryl methyl sites for hydroxylation is 1. The Bertz CT molecular complexity index is 1390. The van der Waals surface area contributed by atoms with Gasteiger partial charge in [0.25, 0.3) is 0 Å². The lowest BCUT2D eigenvalue weighted by atomic mass is 10.0. The Labute approximate surface area is 206 Å². The van der Waals surface area contributed by atoms with Crippen LogP contribution in [0.2, 0.25) is 0 Å². The van der Waals surface area contributed by atoms with Crippen LogP contribution in [0.3, 0.4) is 0 Å². The van der Waals surface area contributed by atoms with Gasteiger partial charge < -0.3 is 9.72 Å². The lowest BCUT2D eigenvalue weighted by Gasteiger charge is -2.42. The Morgan fingerprint density at radius 3 is 2.51 bits per heavy atom. The van der Waals surface area contributed by atoms with Crippen molar-refractivity contribution in [2.75, 3.05) is 33.3 Å². The van der Waals surface area contributed by atoms with Crippen LogP contribution in [0.4, 0.5) is 0 Å². The summed E-state index contributed by atoms with van der Waals surface area (Å²) >= 11 is 0. The molecule has 2 aromatic carbocycles. The van der Waals surface area contributed by atoms with Crippen molar-refractivity contribution in [3.63, 3.8) is 0 Å². The molecule has 4 aromatic rings. The third-order valence-electron chi connectivity index (χ3n) is 7.06. The molecule has 1 N–H and O–H groups in total. The van der Waals surface area contributed by atoms with Gasteiger partial charge in [-0.3, -0.25) is 9.80 Å². The van der Waals surface area contributed by atoms with Crippen LogP contribution in [0, 0.1) is 6.92 Å². The third-order valence-corrected chi connectivity index (χ3v) is 7.06. The van der Waals surface area contributed by atoms with Crippen LogP contribution in [0.1, 0.15) is 42.3 Å². The smallest absolute Gasteiger partial charge is 0.340 e. The van der Waals surface area contributed by atoms with Crippen LogP contribution >= 0.6 is 0 Å². The van der Waals surface area contributed by atoms with Crippen LogP contribution in [0.25, 0.3) is 33.2 Å². The van der Waals surface area contributed by atoms with E-state index < -0.39 is 0 Å². The molecule has 0 spiro atoms. The monoisotopic (exact) mass is 470 g/mol. The van der Waals surface area contributed by atoms with Gasteiger partial charge in [-0.15, -0.1) is 0 Å². The van der Waals surface area contributed by atoms with Gasteiger partial charge in [0.15, 0.2) is 0 Å². The van der Waals surface area contributed by atoms with Crippen LogP contribution in [0.5, 0.6) is 0 Å². The highest BCUT2D eigenvalue weighted by atomic mass is 16.5. The van der Waals surface area contributed by atoms with E-state index in [-0.39, 0.29) is 11.5 Å². The number of H-pyrrole nitrogens is 1. The number of rotatable bonds is 4. The summed E-state index contributed by atoms with van der Waals surface area (Å²) in [6.07, 6.45) is 0. The Balaban J connectivity index is 1.50. The van der Waals surface area contributed by atoms with Gasteiger partial charge in [-0.25, -0.2) is 9.78 Å². The van der Waals surface area contributed by atoms with Gasteiger partial charge in [-0.1, -0.05) is 35.9 Å². The zero-order valence-corrected chi connectivity index (χ0v) is 21.3. The minimum Gasteiger partial charge on any atom is -0.465 e. The van der Waals surface area contributed by atoms with E-state index >= 15 is 0 Å². The summed E-state index contributed by atoms with van der Waals surface area (Å²) in [5, 5.41) is 1.01. The van der Waals surface area contributed by atoms with E-state index in [9.17, 15) is 4.79 Å². The van der Waals surface area contributed by atoms with Crippen LogP contribution in [-0.2, 0) is 11.3 Å². The van der Waals surface area contributed by atoms with Crippen molar-refractivity contribution in [2.45, 2.75) is 39.8 Å². The molecule has 6 nitrogen and oxygen atoms in total. The molecule has 0 bridgehead atoms. The van der Waals surface area contributed by atoms with Crippen molar-refractivity contribution in [3.8, 4) is 11.3 Å². The molecule has 0 amide bonds. The van der Waals surface area contributed by atoms with Crippen molar-refractivity contribution in [1.29, 1.82) is 0 Å². The van der Waals surface area contributed by atoms with E-state index in [2.05, 4.69) is 72.8 Å². The van der Waals surface area contributed by atoms with Crippen molar-refractivity contribution in [1.82, 2.24) is 19.8 Å². The van der Waals surface area contributed by atoms with E-state index in [1.54, 1.807) is 0 Å². The number of benzene rings is 2. The fraction of sp³-hybridized carbons (Fsp3) is 0.379. The quantitative estimate of drug-likeness (QED) is 0.405. The predicted molar refractivity (Wildman–Crippen MR) is 142 cm³/mol. The molecule has 3 heterocycles. The van der Waals surface area contributed by atoms with Crippen LogP contribution in [-0.4, -0.2) is 64.6 Å². The minimum atomic E-state index is -0.366. The molecule has 2 aromatic heterocycles. The van der Waals surface area contributed by atoms with Gasteiger partial charge in [-0.05, 0) is 51.5 Å². The number of nitrogens with one attached hydrogen (secondary N) is 1. The van der Waals surface area contributed by atoms with Gasteiger partial charge >= 0.3 is 5.97 Å². The lowest BCUT2D eigenvalue weighted by Crippen LogP contribution is -2.53. The number of methoxy groups -OCH3 is 1. The molecule has 1 aliphatic rings. The highest BCUT2D eigenvalue weighted by Gasteiger charge is 2.26. The first-order chi connectivity index (χ1) is 16.7. The highest BCUT2D eigenvalue weighted by Crippen LogP contribution is 2.31. The zero-order valence-electron chi connectivity index (χ0n) is 21.3. The van der Waals surface area contributed by atoms with Gasteiger partial charge in [-0.2, -0.15) is 0 Å². The number of piperazine rings is 1. The Morgan fingerprint density at radius 2 is 1.83 bits per heavy atom. The minimum absolute atomic E-state index is 0.219. The largest absolute Gasteiger partial charge is 0.465 e. The fourth-order valence-electron chi connectivity index (χ4n) is 5.06. The summed E-state index contributed by atoms with van der Waals surface area (Å²) < 4.78 is 5.11. The van der Waals surface area contributed by atoms with Crippen molar-refractivity contribution < 1.29 is 9.53 Å².